The summed E-state index contributed by atoms with van der Waals surface area (Å²) in [7, 11) is 7.55. The molecule has 21 heteroatoms. The van der Waals surface area contributed by atoms with E-state index in [-0.39, 0.29) is 62.6 Å². The van der Waals surface area contributed by atoms with E-state index in [9.17, 15) is 43.2 Å². The molecular weight excluding hydrogens is 809 g/mol. The van der Waals surface area contributed by atoms with Gasteiger partial charge in [-0.3, -0.25) is 33.6 Å². The highest BCUT2D eigenvalue weighted by atomic mass is 16.6. The molecular formula is C41H76N10O11. The highest BCUT2D eigenvalue weighted by Gasteiger charge is 2.33. The van der Waals surface area contributed by atoms with Crippen LogP contribution in [0.25, 0.3) is 0 Å². The van der Waals surface area contributed by atoms with Gasteiger partial charge in [-0.2, -0.15) is 0 Å². The fraction of sp³-hybridized carbons (Fsp3) is 0.780. The maximum absolute atomic E-state index is 13.9. The molecule has 0 saturated heterocycles. The molecule has 0 aliphatic carbocycles. The molecule has 0 unspecified atom stereocenters. The highest BCUT2D eigenvalue weighted by Crippen LogP contribution is 2.12. The van der Waals surface area contributed by atoms with Gasteiger partial charge in [0.15, 0.2) is 0 Å². The second kappa shape index (κ2) is 37.5. The monoisotopic (exact) mass is 885 g/mol. The fourth-order valence-corrected chi connectivity index (χ4v) is 5.88. The minimum Gasteiger partial charge on any atom is -0.450 e. The van der Waals surface area contributed by atoms with Gasteiger partial charge in [-0.15, -0.1) is 0 Å². The van der Waals surface area contributed by atoms with Crippen LogP contribution >= 0.6 is 0 Å². The van der Waals surface area contributed by atoms with Crippen LogP contribution in [0, 0.1) is 0 Å². The summed E-state index contributed by atoms with van der Waals surface area (Å²) in [6, 6.07) is -2.10. The fourth-order valence-electron chi connectivity index (χ4n) is 5.88. The summed E-state index contributed by atoms with van der Waals surface area (Å²) < 4.78 is 9.79. The third kappa shape index (κ3) is 30.8. The van der Waals surface area contributed by atoms with Gasteiger partial charge < -0.3 is 62.2 Å². The number of carbonyl (C=O) groups is 9. The Labute approximate surface area is 367 Å². The molecule has 9 amide bonds. The van der Waals surface area contributed by atoms with Gasteiger partial charge in [0.1, 0.15) is 12.1 Å². The largest absolute Gasteiger partial charge is 0.450 e. The third-order valence-corrected chi connectivity index (χ3v) is 9.60. The SMILES string of the molecule is CNCCNC(=O)[C@H](CC(=O)NC)N(C)C(=O)[C@H](CCCCNC(=O)CCCCCNC(=O)CCCCOC(=O)NC)NC(=O)CCCCCNC(=O)CCCCOC(=O)NC. The van der Waals surface area contributed by atoms with Gasteiger partial charge in [-0.1, -0.05) is 12.8 Å². The van der Waals surface area contributed by atoms with E-state index in [0.717, 1.165) is 12.8 Å². The van der Waals surface area contributed by atoms with Crippen LogP contribution in [0.15, 0.2) is 0 Å². The molecule has 0 spiro atoms. The number of unbranched alkanes of at least 4 members (excludes halogenated alkanes) is 7. The average molecular weight is 885 g/mol. The number of rotatable bonds is 36. The molecule has 0 aromatic heterocycles. The van der Waals surface area contributed by atoms with E-state index in [1.807, 2.05) is 0 Å². The Kier molecular flexibility index (Phi) is 34.4. The normalized spacial score (nSPS) is 11.5. The third-order valence-electron chi connectivity index (χ3n) is 9.60. The standard InChI is InChI=1S/C41H76N10O11/c1-42-26-27-49-38(57)32(30-37(56)43-2)51(5)39(58)31(50-36(55)22-9-7-14-24-47-35(54)21-12-17-29-62-41(60)45-4)18-10-15-25-48-33(52)19-8-6-13-23-46-34(53)20-11-16-28-61-40(59)44-3/h31-32,42H,6-30H2,1-5H3,(H,43,56)(H,44,59)(H,45,60)(H,46,53)(H,47,54)(H,48,52)(H,49,57)(H,50,55)/t31-,32-/m0/s1. The van der Waals surface area contributed by atoms with Crippen molar-refractivity contribution in [3.8, 4) is 0 Å². The molecule has 0 aliphatic heterocycles. The van der Waals surface area contributed by atoms with Gasteiger partial charge in [0.2, 0.25) is 41.4 Å². The van der Waals surface area contributed by atoms with Crippen molar-refractivity contribution in [1.29, 1.82) is 0 Å². The summed E-state index contributed by atoms with van der Waals surface area (Å²) in [4.78, 5) is 112. The number of amides is 9. The van der Waals surface area contributed by atoms with E-state index in [2.05, 4.69) is 47.9 Å². The van der Waals surface area contributed by atoms with Crippen molar-refractivity contribution in [2.75, 3.05) is 81.2 Å². The van der Waals surface area contributed by atoms with Crippen molar-refractivity contribution in [1.82, 2.24) is 52.8 Å². The summed E-state index contributed by atoms with van der Waals surface area (Å²) in [5.74, 6) is -2.09. The van der Waals surface area contributed by atoms with Crippen molar-refractivity contribution in [2.24, 2.45) is 0 Å². The number of hydrogen-bond donors (Lipinski definition) is 9. The summed E-state index contributed by atoms with van der Waals surface area (Å²) in [6.45, 7) is 2.57. The van der Waals surface area contributed by atoms with E-state index >= 15 is 0 Å². The first-order valence-electron chi connectivity index (χ1n) is 22.0. The second-order valence-corrected chi connectivity index (χ2v) is 14.7. The second-order valence-electron chi connectivity index (χ2n) is 14.7. The zero-order chi connectivity index (χ0) is 46.4. The predicted molar refractivity (Wildman–Crippen MR) is 232 cm³/mol. The summed E-state index contributed by atoms with van der Waals surface area (Å²) in [5.41, 5.74) is 0. The quantitative estimate of drug-likeness (QED) is 0.0389. The molecule has 9 N–H and O–H groups in total. The molecule has 0 aromatic carbocycles. The molecule has 0 aromatic rings. The molecule has 0 heterocycles. The summed E-state index contributed by atoms with van der Waals surface area (Å²) in [5, 5.41) is 24.3. The van der Waals surface area contributed by atoms with Gasteiger partial charge in [0.25, 0.3) is 0 Å². The molecule has 0 bridgehead atoms. The number of alkyl carbamates (subject to hydrolysis) is 2. The molecule has 0 rings (SSSR count). The topological polar surface area (TPSA) is 284 Å². The Morgan fingerprint density at radius 1 is 0.468 bits per heavy atom. The van der Waals surface area contributed by atoms with Gasteiger partial charge in [0.05, 0.1) is 19.6 Å². The van der Waals surface area contributed by atoms with Crippen LogP contribution in [-0.4, -0.2) is 152 Å². The Hall–Kier alpha value is -5.21. The Bertz CT molecular complexity index is 1350. The molecule has 62 heavy (non-hydrogen) atoms. The lowest BCUT2D eigenvalue weighted by Crippen LogP contribution is -2.55. The van der Waals surface area contributed by atoms with Crippen molar-refractivity contribution in [3.05, 3.63) is 0 Å². The van der Waals surface area contributed by atoms with Gasteiger partial charge in [0, 0.05) is 86.6 Å². The Balaban J connectivity index is 4.93. The first-order valence-corrected chi connectivity index (χ1v) is 22.0. The van der Waals surface area contributed by atoms with E-state index in [4.69, 9.17) is 9.47 Å². The minimum atomic E-state index is -1.12. The lowest BCUT2D eigenvalue weighted by atomic mass is 10.0. The molecule has 0 aliphatic rings. The Morgan fingerprint density at radius 2 is 0.919 bits per heavy atom. The summed E-state index contributed by atoms with van der Waals surface area (Å²) in [6.07, 6.45) is 7.39. The van der Waals surface area contributed by atoms with Crippen LogP contribution in [-0.2, 0) is 43.0 Å². The first-order chi connectivity index (χ1) is 29.8. The predicted octanol–water partition coefficient (Wildman–Crippen LogP) is 0.462. The zero-order valence-electron chi connectivity index (χ0n) is 37.8. The van der Waals surface area contributed by atoms with Gasteiger partial charge in [-0.25, -0.2) is 9.59 Å². The summed E-state index contributed by atoms with van der Waals surface area (Å²) >= 11 is 0. The van der Waals surface area contributed by atoms with E-state index in [1.165, 1.54) is 33.1 Å². The van der Waals surface area contributed by atoms with Gasteiger partial charge in [-0.05, 0) is 77.7 Å². The van der Waals surface area contributed by atoms with Crippen LogP contribution < -0.4 is 47.9 Å². The van der Waals surface area contributed by atoms with Crippen LogP contribution in [0.3, 0.4) is 0 Å². The van der Waals surface area contributed by atoms with E-state index < -0.39 is 42.0 Å². The lowest BCUT2D eigenvalue weighted by Gasteiger charge is -2.30. The van der Waals surface area contributed by atoms with Crippen LogP contribution in [0.5, 0.6) is 0 Å². The van der Waals surface area contributed by atoms with Gasteiger partial charge >= 0.3 is 12.2 Å². The van der Waals surface area contributed by atoms with Crippen molar-refractivity contribution in [3.63, 3.8) is 0 Å². The Morgan fingerprint density at radius 3 is 1.37 bits per heavy atom. The number of nitrogens with one attached hydrogen (secondary N) is 9. The first kappa shape index (κ1) is 56.8. The van der Waals surface area contributed by atoms with Crippen LogP contribution in [0.4, 0.5) is 9.59 Å². The molecule has 0 saturated carbocycles. The smallest absolute Gasteiger partial charge is 0.406 e. The minimum absolute atomic E-state index is 0.0705. The van der Waals surface area contributed by atoms with Crippen molar-refractivity contribution >= 4 is 53.5 Å². The lowest BCUT2D eigenvalue weighted by molar-refractivity contribution is -0.143. The highest BCUT2D eigenvalue weighted by molar-refractivity contribution is 5.94. The molecule has 2 atom stereocenters. The molecule has 0 radical (unpaired) electrons. The van der Waals surface area contributed by atoms with Crippen molar-refractivity contribution in [2.45, 2.75) is 128 Å². The number of carbonyl (C=O) groups excluding carboxylic acids is 9. The number of hydrogen-bond acceptors (Lipinski definition) is 12. The zero-order valence-corrected chi connectivity index (χ0v) is 37.8. The average Bonchev–Trinajstić information content (AvgIpc) is 3.26. The van der Waals surface area contributed by atoms with Crippen LogP contribution in [0.2, 0.25) is 0 Å². The molecule has 21 nitrogen and oxygen atoms in total. The number of nitrogens with zero attached hydrogens (tertiary/aromatic N) is 1. The number of ether oxygens (including phenoxy) is 2. The molecule has 356 valence electrons. The molecule has 0 fully saturated rings. The van der Waals surface area contributed by atoms with Crippen LogP contribution in [0.1, 0.15) is 116 Å². The number of likely N-dealkylation sites (N-methyl/N-ethyl adjacent to an activating group) is 2. The van der Waals surface area contributed by atoms with E-state index in [0.29, 0.717) is 110 Å². The van der Waals surface area contributed by atoms with Crippen molar-refractivity contribution < 1.29 is 52.6 Å². The maximum Gasteiger partial charge on any atom is 0.406 e. The van der Waals surface area contributed by atoms with E-state index in [1.54, 1.807) is 7.05 Å². The maximum atomic E-state index is 13.9.